The Morgan fingerprint density at radius 2 is 1.69 bits per heavy atom. The molecule has 0 aliphatic carbocycles. The molecule has 7 nitrogen and oxygen atoms in total. The van der Waals surface area contributed by atoms with Gasteiger partial charge in [0.05, 0.1) is 16.9 Å². The molecule has 3 N–H and O–H groups in total. The first-order valence-electron chi connectivity index (χ1n) is 10.7. The topological polar surface area (TPSA) is 110 Å². The number of anilines is 2. The lowest BCUT2D eigenvalue weighted by atomic mass is 10.1. The van der Waals surface area contributed by atoms with Crippen LogP contribution in [-0.4, -0.2) is 30.4 Å². The molecule has 0 atom stereocenters. The molecule has 0 spiro atoms. The number of aliphatic imine (C=N–C) groups is 1. The zero-order valence-corrected chi connectivity index (χ0v) is 22.1. The van der Waals surface area contributed by atoms with Gasteiger partial charge in [0.15, 0.2) is 5.16 Å². The van der Waals surface area contributed by atoms with Gasteiger partial charge in [0.2, 0.25) is 0 Å². The second-order valence-electron chi connectivity index (χ2n) is 6.86. The fourth-order valence-electron chi connectivity index (χ4n) is 2.97. The molecule has 0 fully saturated rings. The largest absolute Gasteiger partial charge is 0.397 e. The van der Waals surface area contributed by atoms with Crippen molar-refractivity contribution >= 4 is 51.5 Å². The zero-order valence-electron chi connectivity index (χ0n) is 20.4. The molecule has 2 aromatic carbocycles. The summed E-state index contributed by atoms with van der Waals surface area (Å²) in [5.74, 6) is 0.848. The van der Waals surface area contributed by atoms with E-state index in [2.05, 4.69) is 39.2 Å². The maximum absolute atomic E-state index is 8.29. The van der Waals surface area contributed by atoms with Crippen molar-refractivity contribution in [3.63, 3.8) is 0 Å². The van der Waals surface area contributed by atoms with E-state index in [0.717, 1.165) is 51.0 Å². The van der Waals surface area contributed by atoms with E-state index in [1.807, 2.05) is 86.9 Å². The Hall–Kier alpha value is -4.00. The normalized spacial score (nSPS) is 12.1. The first-order chi connectivity index (χ1) is 17.5. The number of nitrogens with two attached hydrogens (primary N) is 1. The molecule has 2 heterocycles. The van der Waals surface area contributed by atoms with Crippen LogP contribution in [0.3, 0.4) is 0 Å². The van der Waals surface area contributed by atoms with E-state index in [4.69, 9.17) is 14.2 Å². The van der Waals surface area contributed by atoms with Crippen molar-refractivity contribution < 1.29 is 8.42 Å². The molecule has 9 heteroatoms. The van der Waals surface area contributed by atoms with Crippen LogP contribution in [0.1, 0.15) is 20.3 Å². The second-order valence-corrected chi connectivity index (χ2v) is 7.77. The number of hydrogen-bond donors (Lipinski definition) is 2. The molecule has 0 bridgehead atoms. The number of thioether (sulfide) groups is 1. The summed E-state index contributed by atoms with van der Waals surface area (Å²) in [6, 6.07) is 18.1. The van der Waals surface area contributed by atoms with E-state index in [1.54, 1.807) is 18.0 Å². The highest BCUT2D eigenvalue weighted by molar-refractivity contribution is 7.98. The third-order valence-electron chi connectivity index (χ3n) is 4.63. The Kier molecular flexibility index (Phi) is 14.5. The van der Waals surface area contributed by atoms with Crippen LogP contribution >= 0.6 is 11.8 Å². The minimum absolute atomic E-state index is 0.746. The van der Waals surface area contributed by atoms with Gasteiger partial charge in [0, 0.05) is 17.3 Å². The van der Waals surface area contributed by atoms with Crippen LogP contribution in [0, 0.1) is 12.8 Å². The van der Waals surface area contributed by atoms with E-state index in [1.165, 1.54) is 0 Å². The zero-order chi connectivity index (χ0) is 26.8. The Bertz CT molecular complexity index is 1290. The van der Waals surface area contributed by atoms with Gasteiger partial charge < -0.3 is 11.1 Å². The molecular weight excluding hydrogens is 490 g/mol. The maximum atomic E-state index is 8.29. The summed E-state index contributed by atoms with van der Waals surface area (Å²) in [4.78, 5) is 13.3. The Labute approximate surface area is 220 Å². The molecule has 186 valence electrons. The Morgan fingerprint density at radius 3 is 2.33 bits per heavy atom. The SMILES string of the molecule is C#C.C/C=C(/N)C1=NC=CCC=C1C.CSc1nc(Nc2ccccc2)c2ccccc2n1.O=S=O. The standard InChI is InChI=1S/C15H13N3S.C10H14N2.C2H2.O2S/c1-19-15-17-13-10-6-5-9-12(13)14(18-15)16-11-7-3-2-4-8-11;1-3-9(11)10-8(2)6-4-5-7-12-10;1-2;1-3-2/h2-10H,1H3,(H,16,17,18);3,5-7H,4,11H2,1-2H3;1-2H;/b;9-3+;;. The summed E-state index contributed by atoms with van der Waals surface area (Å²) in [6.07, 6.45) is 18.7. The van der Waals surface area contributed by atoms with Crippen molar-refractivity contribution in [1.29, 1.82) is 0 Å². The smallest absolute Gasteiger partial charge is 0.335 e. The van der Waals surface area contributed by atoms with Crippen LogP contribution in [0.4, 0.5) is 11.5 Å². The number of allylic oxidation sites excluding steroid dienone is 4. The molecule has 0 saturated heterocycles. The molecule has 0 amide bonds. The van der Waals surface area contributed by atoms with Gasteiger partial charge in [0.1, 0.15) is 5.82 Å². The minimum atomic E-state index is -0.750. The molecular formula is C27H29N5O2S2. The van der Waals surface area contributed by atoms with Crippen LogP contribution in [-0.2, 0) is 11.6 Å². The monoisotopic (exact) mass is 519 g/mol. The van der Waals surface area contributed by atoms with E-state index >= 15 is 0 Å². The van der Waals surface area contributed by atoms with Gasteiger partial charge in [-0.2, -0.15) is 8.42 Å². The number of fused-ring (bicyclic) bond motifs is 1. The Morgan fingerprint density at radius 1 is 1.06 bits per heavy atom. The molecule has 0 unspecified atom stereocenters. The highest BCUT2D eigenvalue weighted by Gasteiger charge is 2.07. The number of aromatic nitrogens is 2. The highest BCUT2D eigenvalue weighted by atomic mass is 32.2. The lowest BCUT2D eigenvalue weighted by Crippen LogP contribution is -2.11. The van der Waals surface area contributed by atoms with Crippen LogP contribution in [0.15, 0.2) is 100 Å². The van der Waals surface area contributed by atoms with Crippen LogP contribution in [0.25, 0.3) is 10.9 Å². The van der Waals surface area contributed by atoms with Gasteiger partial charge >= 0.3 is 11.6 Å². The summed E-state index contributed by atoms with van der Waals surface area (Å²) in [7, 11) is 0. The van der Waals surface area contributed by atoms with E-state index in [9.17, 15) is 0 Å². The van der Waals surface area contributed by atoms with Crippen molar-refractivity contribution in [1.82, 2.24) is 9.97 Å². The third kappa shape index (κ3) is 9.70. The quantitative estimate of drug-likeness (QED) is 0.253. The summed E-state index contributed by atoms with van der Waals surface area (Å²) >= 11 is 0.796. The number of para-hydroxylation sites is 2. The fourth-order valence-corrected chi connectivity index (χ4v) is 3.34. The van der Waals surface area contributed by atoms with E-state index in [-0.39, 0.29) is 0 Å². The number of rotatable bonds is 4. The van der Waals surface area contributed by atoms with Gasteiger partial charge in [-0.1, -0.05) is 60.3 Å². The van der Waals surface area contributed by atoms with Gasteiger partial charge in [-0.25, -0.2) is 9.97 Å². The number of benzene rings is 2. The van der Waals surface area contributed by atoms with Crippen molar-refractivity contribution in [3.05, 3.63) is 90.3 Å². The number of nitrogens with one attached hydrogen (secondary N) is 1. The average molecular weight is 520 g/mol. The van der Waals surface area contributed by atoms with E-state index in [0.29, 0.717) is 0 Å². The summed E-state index contributed by atoms with van der Waals surface area (Å²) in [6.45, 7) is 3.95. The third-order valence-corrected chi connectivity index (χ3v) is 5.18. The van der Waals surface area contributed by atoms with Gasteiger partial charge in [0.25, 0.3) is 0 Å². The summed E-state index contributed by atoms with van der Waals surface area (Å²) < 4.78 is 16.6. The molecule has 1 aliphatic heterocycles. The molecule has 36 heavy (non-hydrogen) atoms. The minimum Gasteiger partial charge on any atom is -0.397 e. The first kappa shape index (κ1) is 30.0. The van der Waals surface area contributed by atoms with Gasteiger partial charge in [-0.05, 0) is 56.4 Å². The number of terminal acetylenes is 1. The van der Waals surface area contributed by atoms with Gasteiger partial charge in [-0.3, -0.25) is 4.99 Å². The van der Waals surface area contributed by atoms with Crippen molar-refractivity contribution in [2.75, 3.05) is 11.6 Å². The molecule has 1 aliphatic rings. The van der Waals surface area contributed by atoms with Crippen molar-refractivity contribution in [2.45, 2.75) is 25.4 Å². The van der Waals surface area contributed by atoms with E-state index < -0.39 is 11.6 Å². The number of hydrogen-bond acceptors (Lipinski definition) is 8. The van der Waals surface area contributed by atoms with Crippen LogP contribution in [0.5, 0.6) is 0 Å². The van der Waals surface area contributed by atoms with Crippen LogP contribution in [0.2, 0.25) is 0 Å². The molecule has 0 radical (unpaired) electrons. The predicted molar refractivity (Wildman–Crippen MR) is 153 cm³/mol. The van der Waals surface area contributed by atoms with Gasteiger partial charge in [-0.15, -0.1) is 12.8 Å². The van der Waals surface area contributed by atoms with Crippen LogP contribution < -0.4 is 11.1 Å². The molecule has 1 aromatic heterocycles. The lowest BCUT2D eigenvalue weighted by molar-refractivity contribution is 0.630. The predicted octanol–water partition coefficient (Wildman–Crippen LogP) is 5.83. The highest BCUT2D eigenvalue weighted by Crippen LogP contribution is 2.25. The fraction of sp³-hybridized carbons (Fsp3) is 0.148. The maximum Gasteiger partial charge on any atom is 0.335 e. The summed E-state index contributed by atoms with van der Waals surface area (Å²) in [5.41, 5.74) is 10.5. The number of nitrogens with zero attached hydrogens (tertiary/aromatic N) is 3. The second kappa shape index (κ2) is 17.4. The molecule has 0 saturated carbocycles. The molecule has 4 rings (SSSR count). The van der Waals surface area contributed by atoms with Crippen molar-refractivity contribution in [3.8, 4) is 12.8 Å². The summed E-state index contributed by atoms with van der Waals surface area (Å²) in [5, 5.41) is 5.16. The lowest BCUT2D eigenvalue weighted by Gasteiger charge is -2.09. The van der Waals surface area contributed by atoms with Crippen molar-refractivity contribution in [2.24, 2.45) is 10.7 Å². The first-order valence-corrected chi connectivity index (χ1v) is 12.6. The average Bonchev–Trinajstić information content (AvgIpc) is 3.15. The molecule has 3 aromatic rings. The Balaban J connectivity index is 0.000000329.